The summed E-state index contributed by atoms with van der Waals surface area (Å²) < 4.78 is 0. The van der Waals surface area contributed by atoms with Gasteiger partial charge in [-0.2, -0.15) is 0 Å². The molecule has 0 saturated carbocycles. The molecule has 0 aromatic carbocycles. The molecule has 0 atom stereocenters. The first-order valence-corrected chi connectivity index (χ1v) is 7.72. The lowest BCUT2D eigenvalue weighted by molar-refractivity contribution is 0.738. The van der Waals surface area contributed by atoms with E-state index < -0.39 is 0 Å². The van der Waals surface area contributed by atoms with Crippen LogP contribution in [0.15, 0.2) is 45.7 Å². The maximum absolute atomic E-state index is 3.40. The van der Waals surface area contributed by atoms with E-state index in [0.29, 0.717) is 0 Å². The van der Waals surface area contributed by atoms with Crippen LogP contribution in [0.4, 0.5) is 0 Å². The van der Waals surface area contributed by atoms with Gasteiger partial charge in [-0.05, 0) is 65.5 Å². The summed E-state index contributed by atoms with van der Waals surface area (Å²) in [6.45, 7) is 15.3. The third-order valence-electron chi connectivity index (χ3n) is 3.49. The van der Waals surface area contributed by atoms with Crippen molar-refractivity contribution >= 4 is 0 Å². The van der Waals surface area contributed by atoms with Crippen LogP contribution in [0.5, 0.6) is 0 Å². The maximum Gasteiger partial charge on any atom is 0.0180 e. The van der Waals surface area contributed by atoms with Crippen LogP contribution in [0.3, 0.4) is 0 Å². The molecule has 0 aliphatic heterocycles. The summed E-state index contributed by atoms with van der Waals surface area (Å²) in [7, 11) is 2.03. The minimum absolute atomic E-state index is 1.12. The Morgan fingerprint density at radius 2 is 1.55 bits per heavy atom. The summed E-state index contributed by atoms with van der Waals surface area (Å²) >= 11 is 0. The fourth-order valence-electron chi connectivity index (χ4n) is 2.02. The molecular weight excluding hydrogens is 242 g/mol. The van der Waals surface area contributed by atoms with Crippen LogP contribution in [-0.4, -0.2) is 7.05 Å². The van der Waals surface area contributed by atoms with Crippen molar-refractivity contribution in [2.45, 2.75) is 67.7 Å². The molecule has 0 rings (SSSR count). The summed E-state index contributed by atoms with van der Waals surface area (Å²) in [6.07, 6.45) is 8.17. The van der Waals surface area contributed by atoms with Gasteiger partial charge in [0.15, 0.2) is 0 Å². The first kappa shape index (κ1) is 18.8. The Labute approximate surface area is 126 Å². The van der Waals surface area contributed by atoms with E-state index in [2.05, 4.69) is 65.9 Å². The zero-order valence-corrected chi connectivity index (χ0v) is 14.8. The fraction of sp³-hybridized carbons (Fsp3) is 0.579. The lowest BCUT2D eigenvalue weighted by atomic mass is 9.97. The van der Waals surface area contributed by atoms with Gasteiger partial charge in [0.2, 0.25) is 0 Å². The number of rotatable bonds is 7. The number of allylic oxidation sites excluding steroid dienone is 8. The van der Waals surface area contributed by atoms with Crippen LogP contribution in [-0.2, 0) is 0 Å². The van der Waals surface area contributed by atoms with Crippen molar-refractivity contribution in [1.29, 1.82) is 0 Å². The molecule has 114 valence electrons. The van der Waals surface area contributed by atoms with Gasteiger partial charge in [0.05, 0.1) is 0 Å². The molecule has 0 radical (unpaired) electrons. The molecule has 1 heteroatoms. The summed E-state index contributed by atoms with van der Waals surface area (Å²) in [6, 6.07) is 0. The molecule has 0 heterocycles. The zero-order chi connectivity index (χ0) is 15.7. The molecule has 0 spiro atoms. The Bertz CT molecular complexity index is 423. The third-order valence-corrected chi connectivity index (χ3v) is 3.49. The normalized spacial score (nSPS) is 12.7. The smallest absolute Gasteiger partial charge is 0.0180 e. The van der Waals surface area contributed by atoms with Crippen LogP contribution >= 0.6 is 0 Å². The van der Waals surface area contributed by atoms with Gasteiger partial charge in [0, 0.05) is 12.7 Å². The molecule has 0 aromatic rings. The van der Waals surface area contributed by atoms with E-state index in [1.807, 2.05) is 7.05 Å². The third kappa shape index (κ3) is 6.79. The highest BCUT2D eigenvalue weighted by molar-refractivity contribution is 5.46. The molecular formula is C19H33N. The zero-order valence-electron chi connectivity index (χ0n) is 14.8. The maximum atomic E-state index is 3.40. The van der Waals surface area contributed by atoms with Crippen LogP contribution < -0.4 is 5.32 Å². The largest absolute Gasteiger partial charge is 0.391 e. The molecule has 0 amide bonds. The Morgan fingerprint density at radius 3 is 1.95 bits per heavy atom. The number of unbranched alkanes of at least 4 members (excludes halogenated alkanes) is 1. The molecule has 0 bridgehead atoms. The van der Waals surface area contributed by atoms with Crippen molar-refractivity contribution < 1.29 is 0 Å². The van der Waals surface area contributed by atoms with Gasteiger partial charge < -0.3 is 5.32 Å². The fourth-order valence-corrected chi connectivity index (χ4v) is 2.02. The Kier molecular flexibility index (Phi) is 9.03. The number of nitrogens with one attached hydrogen (secondary N) is 1. The highest BCUT2D eigenvalue weighted by Gasteiger charge is 2.06. The Morgan fingerprint density at radius 1 is 0.950 bits per heavy atom. The molecule has 0 unspecified atom stereocenters. The minimum Gasteiger partial charge on any atom is -0.391 e. The van der Waals surface area contributed by atoms with Gasteiger partial charge in [-0.15, -0.1) is 0 Å². The van der Waals surface area contributed by atoms with Crippen LogP contribution in [0.25, 0.3) is 0 Å². The highest BCUT2D eigenvalue weighted by atomic mass is 14.8. The second kappa shape index (κ2) is 9.63. The number of hydrogen-bond donors (Lipinski definition) is 1. The SMILES string of the molecule is CCCC/C(NC)=C(C=C(C)C)/C(C)=C/C(C)=C(C)C. The van der Waals surface area contributed by atoms with Gasteiger partial charge in [-0.25, -0.2) is 0 Å². The summed E-state index contributed by atoms with van der Waals surface area (Å²) in [5.41, 5.74) is 8.11. The van der Waals surface area contributed by atoms with E-state index in [9.17, 15) is 0 Å². The van der Waals surface area contributed by atoms with Crippen molar-refractivity contribution in [1.82, 2.24) is 5.32 Å². The first-order chi connectivity index (χ1) is 9.33. The average molecular weight is 275 g/mol. The van der Waals surface area contributed by atoms with Crippen molar-refractivity contribution in [2.24, 2.45) is 0 Å². The molecule has 1 N–H and O–H groups in total. The van der Waals surface area contributed by atoms with Crippen molar-refractivity contribution in [3.63, 3.8) is 0 Å². The predicted molar refractivity (Wildman–Crippen MR) is 92.8 cm³/mol. The monoisotopic (exact) mass is 275 g/mol. The van der Waals surface area contributed by atoms with E-state index >= 15 is 0 Å². The van der Waals surface area contributed by atoms with E-state index in [4.69, 9.17) is 0 Å². The second-order valence-electron chi connectivity index (χ2n) is 5.98. The Hall–Kier alpha value is -1.24. The molecule has 0 saturated heterocycles. The molecule has 0 aromatic heterocycles. The van der Waals surface area contributed by atoms with Gasteiger partial charge in [0.1, 0.15) is 0 Å². The summed E-state index contributed by atoms with van der Waals surface area (Å²) in [5, 5.41) is 3.40. The van der Waals surface area contributed by atoms with E-state index in [1.165, 1.54) is 46.4 Å². The minimum atomic E-state index is 1.12. The van der Waals surface area contributed by atoms with Crippen molar-refractivity contribution in [3.8, 4) is 0 Å². The van der Waals surface area contributed by atoms with E-state index in [1.54, 1.807) is 0 Å². The standard InChI is InChI=1S/C19H33N/c1-9-10-11-19(20-8)18(12-14(2)3)17(7)13-16(6)15(4)5/h12-13,20H,9-11H2,1-8H3/b17-13+,19-18-. The molecule has 20 heavy (non-hydrogen) atoms. The molecule has 0 fully saturated rings. The van der Waals surface area contributed by atoms with Gasteiger partial charge in [-0.1, -0.05) is 42.2 Å². The van der Waals surface area contributed by atoms with Gasteiger partial charge >= 0.3 is 0 Å². The van der Waals surface area contributed by atoms with Crippen LogP contribution in [0, 0.1) is 0 Å². The van der Waals surface area contributed by atoms with Gasteiger partial charge in [0.25, 0.3) is 0 Å². The predicted octanol–water partition coefficient (Wildman–Crippen LogP) is 5.92. The quantitative estimate of drug-likeness (QED) is 0.569. The van der Waals surface area contributed by atoms with Gasteiger partial charge in [-0.3, -0.25) is 0 Å². The second-order valence-corrected chi connectivity index (χ2v) is 5.98. The molecule has 0 aliphatic carbocycles. The lowest BCUT2D eigenvalue weighted by Gasteiger charge is -2.14. The number of hydrogen-bond acceptors (Lipinski definition) is 1. The topological polar surface area (TPSA) is 12.0 Å². The molecule has 1 nitrogen and oxygen atoms in total. The van der Waals surface area contributed by atoms with Crippen molar-refractivity contribution in [2.75, 3.05) is 7.05 Å². The Balaban J connectivity index is 5.72. The first-order valence-electron chi connectivity index (χ1n) is 7.72. The van der Waals surface area contributed by atoms with Crippen LogP contribution in [0.2, 0.25) is 0 Å². The van der Waals surface area contributed by atoms with Crippen LogP contribution in [0.1, 0.15) is 67.7 Å². The van der Waals surface area contributed by atoms with Crippen molar-refractivity contribution in [3.05, 3.63) is 45.7 Å². The lowest BCUT2D eigenvalue weighted by Crippen LogP contribution is -2.09. The molecule has 0 aliphatic rings. The van der Waals surface area contributed by atoms with E-state index in [0.717, 1.165) is 6.42 Å². The van der Waals surface area contributed by atoms with E-state index in [-0.39, 0.29) is 0 Å². The average Bonchev–Trinajstić information content (AvgIpc) is 2.37. The highest BCUT2D eigenvalue weighted by Crippen LogP contribution is 2.22. The summed E-state index contributed by atoms with van der Waals surface area (Å²) in [4.78, 5) is 0. The summed E-state index contributed by atoms with van der Waals surface area (Å²) in [5.74, 6) is 0.